The van der Waals surface area contributed by atoms with Crippen LogP contribution in [0.3, 0.4) is 0 Å². The summed E-state index contributed by atoms with van der Waals surface area (Å²) in [5.74, 6) is 6.14. The van der Waals surface area contributed by atoms with Crippen LogP contribution in [-0.2, 0) is 0 Å². The van der Waals surface area contributed by atoms with Crippen LogP contribution in [0.2, 0.25) is 0 Å². The van der Waals surface area contributed by atoms with Gasteiger partial charge in [-0.25, -0.2) is 0 Å². The molecular weight excluding hydrogens is 194 g/mol. The maximum Gasteiger partial charge on any atom is 0.0113 e. The molecule has 0 aromatic carbocycles. The molecule has 1 unspecified atom stereocenters. The standard InChI is InChI=1S/C15H25N/c1-3-5-7-12-15(16-4-2)13-14-10-8-6-9-11-14/h10,15-16H,4,6-9,11-13H2,1-2H3. The molecule has 0 saturated carbocycles. The highest BCUT2D eigenvalue weighted by Crippen LogP contribution is 2.22. The molecular formula is C15H25N. The molecule has 0 radical (unpaired) electrons. The van der Waals surface area contributed by atoms with Gasteiger partial charge in [0.25, 0.3) is 0 Å². The summed E-state index contributed by atoms with van der Waals surface area (Å²) in [5, 5.41) is 3.58. The second-order valence-electron chi connectivity index (χ2n) is 4.53. The van der Waals surface area contributed by atoms with Crippen LogP contribution in [-0.4, -0.2) is 12.6 Å². The number of hydrogen-bond acceptors (Lipinski definition) is 1. The minimum Gasteiger partial charge on any atom is -0.314 e. The fraction of sp³-hybridized carbons (Fsp3) is 0.733. The lowest BCUT2D eigenvalue weighted by Gasteiger charge is -2.20. The van der Waals surface area contributed by atoms with Gasteiger partial charge in [-0.05, 0) is 52.0 Å². The molecule has 1 N–H and O–H groups in total. The van der Waals surface area contributed by atoms with E-state index < -0.39 is 0 Å². The van der Waals surface area contributed by atoms with Gasteiger partial charge >= 0.3 is 0 Å². The number of nitrogens with one attached hydrogen (secondary N) is 1. The first-order chi connectivity index (χ1) is 7.86. The highest BCUT2D eigenvalue weighted by atomic mass is 14.9. The third kappa shape index (κ3) is 5.37. The van der Waals surface area contributed by atoms with Crippen molar-refractivity contribution < 1.29 is 0 Å². The van der Waals surface area contributed by atoms with E-state index in [1.807, 2.05) is 6.92 Å². The fourth-order valence-corrected chi connectivity index (χ4v) is 2.34. The molecule has 1 aliphatic rings. The average molecular weight is 219 g/mol. The Labute approximate surface area is 101 Å². The number of rotatable bonds is 6. The van der Waals surface area contributed by atoms with Crippen LogP contribution in [0.1, 0.15) is 58.8 Å². The minimum atomic E-state index is 0.634. The van der Waals surface area contributed by atoms with Gasteiger partial charge in [0.2, 0.25) is 0 Å². The van der Waals surface area contributed by atoms with Crippen LogP contribution in [0, 0.1) is 11.8 Å². The van der Waals surface area contributed by atoms with E-state index in [0.717, 1.165) is 13.0 Å². The van der Waals surface area contributed by atoms with Crippen LogP contribution in [0.25, 0.3) is 0 Å². The Hall–Kier alpha value is -0.740. The summed E-state index contributed by atoms with van der Waals surface area (Å²) < 4.78 is 0. The lowest BCUT2D eigenvalue weighted by molar-refractivity contribution is 0.483. The Morgan fingerprint density at radius 2 is 2.31 bits per heavy atom. The van der Waals surface area contributed by atoms with Crippen LogP contribution >= 0.6 is 0 Å². The van der Waals surface area contributed by atoms with Crippen molar-refractivity contribution in [2.75, 3.05) is 6.54 Å². The largest absolute Gasteiger partial charge is 0.314 e. The zero-order valence-corrected chi connectivity index (χ0v) is 10.8. The Balaban J connectivity index is 2.35. The molecule has 1 nitrogen and oxygen atoms in total. The van der Waals surface area contributed by atoms with E-state index in [2.05, 4.69) is 30.2 Å². The van der Waals surface area contributed by atoms with E-state index in [9.17, 15) is 0 Å². The highest BCUT2D eigenvalue weighted by Gasteiger charge is 2.11. The normalized spacial score (nSPS) is 17.2. The van der Waals surface area contributed by atoms with Gasteiger partial charge in [-0.3, -0.25) is 0 Å². The molecule has 0 aromatic rings. The molecule has 1 aliphatic carbocycles. The number of hydrogen-bond donors (Lipinski definition) is 1. The zero-order valence-electron chi connectivity index (χ0n) is 10.8. The van der Waals surface area contributed by atoms with Gasteiger partial charge < -0.3 is 5.32 Å². The van der Waals surface area contributed by atoms with Gasteiger partial charge in [0.15, 0.2) is 0 Å². The first-order valence-corrected chi connectivity index (χ1v) is 6.67. The second-order valence-corrected chi connectivity index (χ2v) is 4.53. The summed E-state index contributed by atoms with van der Waals surface area (Å²) >= 11 is 0. The molecule has 0 aromatic heterocycles. The predicted octanol–water partition coefficient (Wildman–Crippen LogP) is 3.66. The van der Waals surface area contributed by atoms with E-state index in [-0.39, 0.29) is 0 Å². The van der Waals surface area contributed by atoms with Gasteiger partial charge in [-0.2, -0.15) is 0 Å². The quantitative estimate of drug-likeness (QED) is 0.531. The van der Waals surface area contributed by atoms with Crippen LogP contribution < -0.4 is 5.32 Å². The van der Waals surface area contributed by atoms with Gasteiger partial charge in [0.05, 0.1) is 0 Å². The molecule has 0 spiro atoms. The van der Waals surface area contributed by atoms with Gasteiger partial charge in [-0.15, -0.1) is 11.8 Å². The monoisotopic (exact) mass is 219 g/mol. The SMILES string of the molecule is CC#CCCC(CC1=CCCCC1)NCC. The minimum absolute atomic E-state index is 0.634. The summed E-state index contributed by atoms with van der Waals surface area (Å²) in [6, 6.07) is 0.634. The molecule has 1 heteroatoms. The third-order valence-electron chi connectivity index (χ3n) is 3.18. The molecule has 0 heterocycles. The molecule has 90 valence electrons. The smallest absolute Gasteiger partial charge is 0.0113 e. The van der Waals surface area contributed by atoms with Gasteiger partial charge in [0.1, 0.15) is 0 Å². The summed E-state index contributed by atoms with van der Waals surface area (Å²) in [5.41, 5.74) is 1.67. The Morgan fingerprint density at radius 1 is 1.44 bits per heavy atom. The van der Waals surface area contributed by atoms with E-state index in [1.165, 1.54) is 38.5 Å². The molecule has 1 atom stereocenters. The Bertz CT molecular complexity index is 267. The summed E-state index contributed by atoms with van der Waals surface area (Å²) in [4.78, 5) is 0. The van der Waals surface area contributed by atoms with Crippen LogP contribution in [0.15, 0.2) is 11.6 Å². The van der Waals surface area contributed by atoms with Crippen molar-refractivity contribution in [1.29, 1.82) is 0 Å². The average Bonchev–Trinajstić information content (AvgIpc) is 2.31. The Kier molecular flexibility index (Phi) is 7.01. The Morgan fingerprint density at radius 3 is 2.94 bits per heavy atom. The van der Waals surface area contributed by atoms with Crippen LogP contribution in [0.4, 0.5) is 0 Å². The molecule has 0 aliphatic heterocycles. The molecule has 0 fully saturated rings. The van der Waals surface area contributed by atoms with Crippen molar-refractivity contribution in [2.24, 2.45) is 0 Å². The summed E-state index contributed by atoms with van der Waals surface area (Å²) in [6.07, 6.45) is 11.3. The van der Waals surface area contributed by atoms with Crippen molar-refractivity contribution >= 4 is 0 Å². The van der Waals surface area contributed by atoms with Gasteiger partial charge in [-0.1, -0.05) is 18.6 Å². The van der Waals surface area contributed by atoms with E-state index in [4.69, 9.17) is 0 Å². The van der Waals surface area contributed by atoms with E-state index in [0.29, 0.717) is 6.04 Å². The van der Waals surface area contributed by atoms with Crippen molar-refractivity contribution in [3.63, 3.8) is 0 Å². The van der Waals surface area contributed by atoms with Gasteiger partial charge in [0, 0.05) is 12.5 Å². The molecule has 1 rings (SSSR count). The van der Waals surface area contributed by atoms with Crippen molar-refractivity contribution in [2.45, 2.75) is 64.8 Å². The zero-order chi connectivity index (χ0) is 11.6. The fourth-order valence-electron chi connectivity index (χ4n) is 2.34. The molecule has 0 bridgehead atoms. The third-order valence-corrected chi connectivity index (χ3v) is 3.18. The summed E-state index contributed by atoms with van der Waals surface area (Å²) in [6.45, 7) is 5.18. The molecule has 0 saturated heterocycles. The van der Waals surface area contributed by atoms with E-state index in [1.54, 1.807) is 5.57 Å². The first kappa shape index (κ1) is 13.3. The van der Waals surface area contributed by atoms with E-state index >= 15 is 0 Å². The molecule has 16 heavy (non-hydrogen) atoms. The first-order valence-electron chi connectivity index (χ1n) is 6.67. The summed E-state index contributed by atoms with van der Waals surface area (Å²) in [7, 11) is 0. The molecule has 0 amide bonds. The maximum absolute atomic E-state index is 3.58. The van der Waals surface area contributed by atoms with Crippen LogP contribution in [0.5, 0.6) is 0 Å². The maximum atomic E-state index is 3.58. The number of allylic oxidation sites excluding steroid dienone is 1. The lowest BCUT2D eigenvalue weighted by Crippen LogP contribution is -2.29. The van der Waals surface area contributed by atoms with Crippen molar-refractivity contribution in [3.05, 3.63) is 11.6 Å². The highest BCUT2D eigenvalue weighted by molar-refractivity contribution is 5.07. The predicted molar refractivity (Wildman–Crippen MR) is 71.3 cm³/mol. The van der Waals surface area contributed by atoms with Crippen molar-refractivity contribution in [3.8, 4) is 11.8 Å². The lowest BCUT2D eigenvalue weighted by atomic mass is 9.93. The van der Waals surface area contributed by atoms with Crippen molar-refractivity contribution in [1.82, 2.24) is 5.32 Å². The second kappa shape index (κ2) is 8.42. The topological polar surface area (TPSA) is 12.0 Å².